The van der Waals surface area contributed by atoms with Gasteiger partial charge in [0.05, 0.1) is 12.6 Å². The molecule has 0 amide bonds. The number of nitrogens with one attached hydrogen (secondary N) is 1. The number of hydrogen-bond donors (Lipinski definition) is 1. The van der Waals surface area contributed by atoms with Crippen LogP contribution in [0.1, 0.15) is 19.8 Å². The first kappa shape index (κ1) is 12.4. The fourth-order valence-corrected chi connectivity index (χ4v) is 2.55. The van der Waals surface area contributed by atoms with E-state index in [1.165, 1.54) is 11.8 Å². The molecule has 5 nitrogen and oxygen atoms in total. The summed E-state index contributed by atoms with van der Waals surface area (Å²) in [6, 6.07) is 0. The molecule has 1 aromatic heterocycles. The Hall–Kier alpha value is -1.01. The van der Waals surface area contributed by atoms with Gasteiger partial charge in [0.25, 0.3) is 0 Å². The lowest BCUT2D eigenvalue weighted by atomic mass is 10.2. The molecule has 0 aromatic carbocycles. The van der Waals surface area contributed by atoms with Gasteiger partial charge in [-0.3, -0.25) is 4.57 Å². The van der Waals surface area contributed by atoms with E-state index in [9.17, 15) is 4.79 Å². The zero-order chi connectivity index (χ0) is 12.3. The van der Waals surface area contributed by atoms with Crippen molar-refractivity contribution in [3.8, 4) is 0 Å². The molecule has 1 saturated heterocycles. The van der Waals surface area contributed by atoms with E-state index in [4.69, 9.17) is 4.74 Å². The van der Waals surface area contributed by atoms with Crippen LogP contribution in [0, 0.1) is 0 Å². The highest BCUT2D eigenvalue weighted by Gasteiger charge is 2.19. The minimum absolute atomic E-state index is 0.148. The summed E-state index contributed by atoms with van der Waals surface area (Å²) in [4.78, 5) is 11.6. The van der Waals surface area contributed by atoms with Crippen molar-refractivity contribution in [1.82, 2.24) is 14.8 Å². The van der Waals surface area contributed by atoms with Gasteiger partial charge in [-0.1, -0.05) is 23.9 Å². The van der Waals surface area contributed by atoms with Crippen LogP contribution >= 0.6 is 11.8 Å². The Kier molecular flexibility index (Phi) is 4.06. The first-order valence-electron chi connectivity index (χ1n) is 5.71. The fraction of sp³-hybridized carbons (Fsp3) is 0.636. The summed E-state index contributed by atoms with van der Waals surface area (Å²) in [7, 11) is 0. The van der Waals surface area contributed by atoms with Gasteiger partial charge < -0.3 is 4.74 Å². The number of aromatic nitrogens is 3. The van der Waals surface area contributed by atoms with E-state index in [2.05, 4.69) is 16.8 Å². The Bertz CT molecular complexity index is 446. The third-order valence-electron chi connectivity index (χ3n) is 2.58. The van der Waals surface area contributed by atoms with Gasteiger partial charge in [0.2, 0.25) is 0 Å². The van der Waals surface area contributed by atoms with E-state index in [0.717, 1.165) is 30.8 Å². The molecular formula is C11H17N3O2S. The minimum atomic E-state index is -0.162. The maximum atomic E-state index is 11.6. The maximum absolute atomic E-state index is 11.6. The molecule has 0 aliphatic carbocycles. The van der Waals surface area contributed by atoms with Crippen molar-refractivity contribution in [2.45, 2.75) is 37.6 Å². The SMILES string of the molecule is C=C(C)CSc1n[nH]c(=O)n1C[C@@H]1CCCO1. The van der Waals surface area contributed by atoms with Crippen LogP contribution in [0.15, 0.2) is 22.1 Å². The average molecular weight is 255 g/mol. The second kappa shape index (κ2) is 5.55. The molecule has 0 saturated carbocycles. The summed E-state index contributed by atoms with van der Waals surface area (Å²) in [5.41, 5.74) is 0.902. The molecule has 0 spiro atoms. The van der Waals surface area contributed by atoms with Crippen molar-refractivity contribution in [1.29, 1.82) is 0 Å². The van der Waals surface area contributed by atoms with Crippen LogP contribution in [0.4, 0.5) is 0 Å². The van der Waals surface area contributed by atoms with Crippen LogP contribution in [0.5, 0.6) is 0 Å². The third kappa shape index (κ3) is 3.23. The second-order valence-corrected chi connectivity index (χ2v) is 5.25. The highest BCUT2D eigenvalue weighted by Crippen LogP contribution is 2.19. The normalized spacial score (nSPS) is 19.7. The van der Waals surface area contributed by atoms with E-state index < -0.39 is 0 Å². The van der Waals surface area contributed by atoms with Gasteiger partial charge in [0.15, 0.2) is 5.16 Å². The topological polar surface area (TPSA) is 59.9 Å². The number of aromatic amines is 1. The highest BCUT2D eigenvalue weighted by molar-refractivity contribution is 7.99. The Labute approximate surface area is 104 Å². The summed E-state index contributed by atoms with van der Waals surface area (Å²) in [6.45, 7) is 7.19. The first-order chi connectivity index (χ1) is 8.16. The number of nitrogens with zero attached hydrogens (tertiary/aromatic N) is 2. The van der Waals surface area contributed by atoms with E-state index in [1.807, 2.05) is 6.92 Å². The monoisotopic (exact) mass is 255 g/mol. The number of hydrogen-bond acceptors (Lipinski definition) is 4. The Morgan fingerprint density at radius 1 is 1.76 bits per heavy atom. The van der Waals surface area contributed by atoms with Gasteiger partial charge in [-0.25, -0.2) is 9.89 Å². The predicted molar refractivity (Wildman–Crippen MR) is 67.4 cm³/mol. The fourth-order valence-electron chi connectivity index (χ4n) is 1.75. The third-order valence-corrected chi connectivity index (χ3v) is 3.79. The predicted octanol–water partition coefficient (Wildman–Crippen LogP) is 1.42. The molecule has 1 atom stereocenters. The van der Waals surface area contributed by atoms with Gasteiger partial charge in [-0.2, -0.15) is 0 Å². The lowest BCUT2D eigenvalue weighted by Crippen LogP contribution is -2.25. The summed E-state index contributed by atoms with van der Waals surface area (Å²) in [5, 5.41) is 7.22. The summed E-state index contributed by atoms with van der Waals surface area (Å²) >= 11 is 1.52. The molecule has 0 unspecified atom stereocenters. The van der Waals surface area contributed by atoms with Crippen LogP contribution < -0.4 is 5.69 Å². The smallest absolute Gasteiger partial charge is 0.344 e. The highest BCUT2D eigenvalue weighted by atomic mass is 32.2. The number of ether oxygens (including phenoxy) is 1. The summed E-state index contributed by atoms with van der Waals surface area (Å²) < 4.78 is 7.19. The lowest BCUT2D eigenvalue weighted by molar-refractivity contribution is 0.0941. The zero-order valence-corrected chi connectivity index (χ0v) is 10.8. The van der Waals surface area contributed by atoms with Crippen LogP contribution in [0.3, 0.4) is 0 Å². The van der Waals surface area contributed by atoms with E-state index >= 15 is 0 Å². The summed E-state index contributed by atoms with van der Waals surface area (Å²) in [6.07, 6.45) is 2.24. The molecule has 0 radical (unpaired) electrons. The van der Waals surface area contributed by atoms with Crippen LogP contribution in [-0.4, -0.2) is 33.2 Å². The molecule has 17 heavy (non-hydrogen) atoms. The largest absolute Gasteiger partial charge is 0.376 e. The first-order valence-corrected chi connectivity index (χ1v) is 6.69. The minimum Gasteiger partial charge on any atom is -0.376 e. The zero-order valence-electron chi connectivity index (χ0n) is 9.94. The standard InChI is InChI=1S/C11H17N3O2S/c1-8(2)7-17-11-13-12-10(15)14(11)6-9-4-3-5-16-9/h9H,1,3-7H2,2H3,(H,12,15)/t9-/m0/s1. The Morgan fingerprint density at radius 2 is 2.59 bits per heavy atom. The van der Waals surface area contributed by atoms with Crippen molar-refractivity contribution in [2.24, 2.45) is 0 Å². The van der Waals surface area contributed by atoms with Gasteiger partial charge in [-0.15, -0.1) is 5.10 Å². The molecule has 2 heterocycles. The Balaban J connectivity index is 2.05. The van der Waals surface area contributed by atoms with Gasteiger partial charge in [-0.05, 0) is 19.8 Å². The van der Waals surface area contributed by atoms with E-state index in [0.29, 0.717) is 11.7 Å². The van der Waals surface area contributed by atoms with E-state index in [1.54, 1.807) is 4.57 Å². The molecule has 2 rings (SSSR count). The van der Waals surface area contributed by atoms with Gasteiger partial charge in [0.1, 0.15) is 0 Å². The maximum Gasteiger partial charge on any atom is 0.344 e. The number of H-pyrrole nitrogens is 1. The quantitative estimate of drug-likeness (QED) is 0.638. The average Bonchev–Trinajstić information content (AvgIpc) is 2.89. The van der Waals surface area contributed by atoms with Crippen molar-refractivity contribution in [3.05, 3.63) is 22.6 Å². The molecule has 1 N–H and O–H groups in total. The van der Waals surface area contributed by atoms with Crippen molar-refractivity contribution < 1.29 is 4.74 Å². The molecule has 0 bridgehead atoms. The van der Waals surface area contributed by atoms with Crippen molar-refractivity contribution >= 4 is 11.8 Å². The van der Waals surface area contributed by atoms with E-state index in [-0.39, 0.29) is 11.8 Å². The molecule has 1 aliphatic rings. The molecule has 1 fully saturated rings. The molecular weight excluding hydrogens is 238 g/mol. The van der Waals surface area contributed by atoms with Crippen molar-refractivity contribution in [2.75, 3.05) is 12.4 Å². The van der Waals surface area contributed by atoms with Crippen LogP contribution in [0.25, 0.3) is 0 Å². The Morgan fingerprint density at radius 3 is 3.24 bits per heavy atom. The van der Waals surface area contributed by atoms with Crippen molar-refractivity contribution in [3.63, 3.8) is 0 Å². The van der Waals surface area contributed by atoms with Gasteiger partial charge in [0, 0.05) is 12.4 Å². The number of rotatable bonds is 5. The molecule has 94 valence electrons. The molecule has 1 aliphatic heterocycles. The molecule has 1 aromatic rings. The van der Waals surface area contributed by atoms with Crippen LogP contribution in [-0.2, 0) is 11.3 Å². The summed E-state index contributed by atoms with van der Waals surface area (Å²) in [5.74, 6) is 0.774. The second-order valence-electron chi connectivity index (χ2n) is 4.30. The molecule has 6 heteroatoms. The van der Waals surface area contributed by atoms with Crippen LogP contribution in [0.2, 0.25) is 0 Å². The number of thioether (sulfide) groups is 1. The van der Waals surface area contributed by atoms with Gasteiger partial charge >= 0.3 is 5.69 Å². The lowest BCUT2D eigenvalue weighted by Gasteiger charge is -2.10.